The van der Waals surface area contributed by atoms with Crippen molar-refractivity contribution in [2.24, 2.45) is 0 Å². The normalized spacial score (nSPS) is 11.1. The third-order valence-corrected chi connectivity index (χ3v) is 5.70. The molecule has 0 saturated carbocycles. The summed E-state index contributed by atoms with van der Waals surface area (Å²) in [4.78, 5) is 27.6. The highest BCUT2D eigenvalue weighted by atomic mass is 35.5. The van der Waals surface area contributed by atoms with Gasteiger partial charge in [0.15, 0.2) is 0 Å². The third kappa shape index (κ3) is 3.59. The third-order valence-electron chi connectivity index (χ3n) is 4.25. The quantitative estimate of drug-likeness (QED) is 0.532. The van der Waals surface area contributed by atoms with Crippen LogP contribution in [0.4, 0.5) is 0 Å². The van der Waals surface area contributed by atoms with Gasteiger partial charge in [0.2, 0.25) is 0 Å². The van der Waals surface area contributed by atoms with Gasteiger partial charge in [-0.3, -0.25) is 4.79 Å². The number of aryl methyl sites for hydroxylation is 1. The highest BCUT2D eigenvalue weighted by Gasteiger charge is 2.20. The number of rotatable bonds is 4. The molecule has 0 radical (unpaired) electrons. The van der Waals surface area contributed by atoms with E-state index in [4.69, 9.17) is 11.6 Å². The number of aromatic amines is 1. The Balaban J connectivity index is 1.55. The predicted octanol–water partition coefficient (Wildman–Crippen LogP) is 4.92. The number of para-hydroxylation sites is 2. The van der Waals surface area contributed by atoms with Crippen LogP contribution in [0.3, 0.4) is 0 Å². The first-order valence-corrected chi connectivity index (χ1v) is 9.63. The van der Waals surface area contributed by atoms with E-state index >= 15 is 0 Å². The van der Waals surface area contributed by atoms with Gasteiger partial charge in [-0.15, -0.1) is 11.3 Å². The Hall–Kier alpha value is -2.70. The Kier molecular flexibility index (Phi) is 4.68. The monoisotopic (exact) mass is 396 g/mol. The minimum absolute atomic E-state index is 0.0642. The molecule has 0 saturated heterocycles. The van der Waals surface area contributed by atoms with Crippen molar-refractivity contribution >= 4 is 39.9 Å². The Morgan fingerprint density at radius 3 is 2.63 bits per heavy atom. The van der Waals surface area contributed by atoms with Gasteiger partial charge in [-0.1, -0.05) is 35.9 Å². The predicted molar refractivity (Wildman–Crippen MR) is 109 cm³/mol. The molecule has 1 amide bonds. The number of H-pyrrole nitrogens is 1. The zero-order valence-electron chi connectivity index (χ0n) is 14.9. The maximum absolute atomic E-state index is 12.9. The number of imidazole rings is 1. The summed E-state index contributed by atoms with van der Waals surface area (Å²) in [5.74, 6) is 0.692. The maximum atomic E-state index is 12.9. The molecule has 2 aromatic heterocycles. The second-order valence-electron chi connectivity index (χ2n) is 6.30. The minimum atomic E-state index is -0.0642. The molecule has 136 valence electrons. The van der Waals surface area contributed by atoms with Crippen LogP contribution >= 0.6 is 22.9 Å². The van der Waals surface area contributed by atoms with Crippen molar-refractivity contribution in [2.45, 2.75) is 13.5 Å². The fourth-order valence-electron chi connectivity index (χ4n) is 2.86. The molecule has 0 aliphatic carbocycles. The van der Waals surface area contributed by atoms with Crippen LogP contribution in [0.2, 0.25) is 5.02 Å². The summed E-state index contributed by atoms with van der Waals surface area (Å²) < 4.78 is 0. The van der Waals surface area contributed by atoms with Crippen LogP contribution in [-0.4, -0.2) is 32.8 Å². The number of hydrogen-bond acceptors (Lipinski definition) is 4. The van der Waals surface area contributed by atoms with Gasteiger partial charge >= 0.3 is 0 Å². The number of carbonyl (C=O) groups excluding carboxylic acids is 1. The van der Waals surface area contributed by atoms with E-state index in [9.17, 15) is 4.79 Å². The molecule has 0 spiro atoms. The molecule has 5 nitrogen and oxygen atoms in total. The average Bonchev–Trinajstić information content (AvgIpc) is 3.24. The highest BCUT2D eigenvalue weighted by Crippen LogP contribution is 2.29. The van der Waals surface area contributed by atoms with Crippen molar-refractivity contribution in [3.05, 3.63) is 69.9 Å². The van der Waals surface area contributed by atoms with Crippen molar-refractivity contribution in [3.8, 4) is 10.6 Å². The molecule has 0 bridgehead atoms. The van der Waals surface area contributed by atoms with Crippen molar-refractivity contribution in [3.63, 3.8) is 0 Å². The van der Waals surface area contributed by atoms with Gasteiger partial charge in [0, 0.05) is 17.6 Å². The minimum Gasteiger partial charge on any atom is -0.340 e. The van der Waals surface area contributed by atoms with Gasteiger partial charge in [-0.05, 0) is 31.2 Å². The van der Waals surface area contributed by atoms with Crippen LogP contribution in [0.15, 0.2) is 48.5 Å². The molecule has 4 rings (SSSR count). The van der Waals surface area contributed by atoms with E-state index in [1.165, 1.54) is 11.3 Å². The summed E-state index contributed by atoms with van der Waals surface area (Å²) >= 11 is 7.34. The maximum Gasteiger partial charge on any atom is 0.266 e. The molecule has 0 aliphatic rings. The average molecular weight is 397 g/mol. The van der Waals surface area contributed by atoms with E-state index in [2.05, 4.69) is 15.0 Å². The van der Waals surface area contributed by atoms with Gasteiger partial charge < -0.3 is 9.88 Å². The molecule has 27 heavy (non-hydrogen) atoms. The Labute approximate surface area is 165 Å². The van der Waals surface area contributed by atoms with Crippen LogP contribution in [0.5, 0.6) is 0 Å². The Bertz CT molecular complexity index is 1080. The Morgan fingerprint density at radius 1 is 1.15 bits per heavy atom. The van der Waals surface area contributed by atoms with Gasteiger partial charge in [0.1, 0.15) is 15.7 Å². The van der Waals surface area contributed by atoms with E-state index in [1.807, 2.05) is 55.5 Å². The molecule has 0 unspecified atom stereocenters. The summed E-state index contributed by atoms with van der Waals surface area (Å²) in [6.45, 7) is 2.26. The molecule has 0 atom stereocenters. The summed E-state index contributed by atoms with van der Waals surface area (Å²) in [6.07, 6.45) is 0. The SMILES string of the molecule is Cc1nc(-c2ccc(Cl)cc2)sc1C(=O)N(C)Cc1nc2ccccc2[nH]1. The van der Waals surface area contributed by atoms with Crippen LogP contribution in [0.25, 0.3) is 21.6 Å². The molecular weight excluding hydrogens is 380 g/mol. The summed E-state index contributed by atoms with van der Waals surface area (Å²) in [5, 5.41) is 1.48. The molecular formula is C20H17ClN4OS. The number of carbonyl (C=O) groups is 1. The van der Waals surface area contributed by atoms with Crippen LogP contribution in [0, 0.1) is 6.92 Å². The number of halogens is 1. The zero-order valence-corrected chi connectivity index (χ0v) is 16.4. The second-order valence-corrected chi connectivity index (χ2v) is 7.74. The summed E-state index contributed by atoms with van der Waals surface area (Å²) in [7, 11) is 1.77. The lowest BCUT2D eigenvalue weighted by atomic mass is 10.2. The number of nitrogens with zero attached hydrogens (tertiary/aromatic N) is 3. The van der Waals surface area contributed by atoms with Gasteiger partial charge in [-0.25, -0.2) is 9.97 Å². The first-order valence-electron chi connectivity index (χ1n) is 8.44. The fraction of sp³-hybridized carbons (Fsp3) is 0.150. The lowest BCUT2D eigenvalue weighted by Gasteiger charge is -2.14. The number of benzene rings is 2. The lowest BCUT2D eigenvalue weighted by Crippen LogP contribution is -2.26. The first-order chi connectivity index (χ1) is 13.0. The number of fused-ring (bicyclic) bond motifs is 1. The van der Waals surface area contributed by atoms with E-state index in [1.54, 1.807) is 11.9 Å². The van der Waals surface area contributed by atoms with E-state index in [0.717, 1.165) is 33.1 Å². The van der Waals surface area contributed by atoms with Crippen molar-refractivity contribution < 1.29 is 4.79 Å². The molecule has 1 N–H and O–H groups in total. The van der Waals surface area contributed by atoms with E-state index in [0.29, 0.717) is 16.4 Å². The standard InChI is InChI=1S/C20H17ClN4OS/c1-12-18(27-19(22-12)13-7-9-14(21)10-8-13)20(26)25(2)11-17-23-15-5-3-4-6-16(15)24-17/h3-10H,11H2,1-2H3,(H,23,24). The van der Waals surface area contributed by atoms with Crippen LogP contribution < -0.4 is 0 Å². The molecule has 4 aromatic rings. The van der Waals surface area contributed by atoms with Gasteiger partial charge in [0.25, 0.3) is 5.91 Å². The van der Waals surface area contributed by atoms with Crippen LogP contribution in [-0.2, 0) is 6.54 Å². The van der Waals surface area contributed by atoms with Crippen molar-refractivity contribution in [2.75, 3.05) is 7.05 Å². The summed E-state index contributed by atoms with van der Waals surface area (Å²) in [5.41, 5.74) is 3.54. The fourth-order valence-corrected chi connectivity index (χ4v) is 4.05. The van der Waals surface area contributed by atoms with Crippen molar-refractivity contribution in [1.82, 2.24) is 19.9 Å². The van der Waals surface area contributed by atoms with Gasteiger partial charge in [0.05, 0.1) is 23.3 Å². The second kappa shape index (κ2) is 7.13. The number of thiazole rings is 1. The Morgan fingerprint density at radius 2 is 1.89 bits per heavy atom. The highest BCUT2D eigenvalue weighted by molar-refractivity contribution is 7.17. The summed E-state index contributed by atoms with van der Waals surface area (Å²) in [6, 6.07) is 15.3. The van der Waals surface area contributed by atoms with Gasteiger partial charge in [-0.2, -0.15) is 0 Å². The number of aromatic nitrogens is 3. The number of amides is 1. The van der Waals surface area contributed by atoms with Crippen LogP contribution in [0.1, 0.15) is 21.2 Å². The smallest absolute Gasteiger partial charge is 0.266 e. The topological polar surface area (TPSA) is 61.9 Å². The molecule has 2 aromatic carbocycles. The molecule has 0 fully saturated rings. The first kappa shape index (κ1) is 17.7. The van der Waals surface area contributed by atoms with Crippen molar-refractivity contribution in [1.29, 1.82) is 0 Å². The largest absolute Gasteiger partial charge is 0.340 e. The number of nitrogens with one attached hydrogen (secondary N) is 1. The molecule has 2 heterocycles. The molecule has 0 aliphatic heterocycles. The zero-order chi connectivity index (χ0) is 19.0. The molecule has 7 heteroatoms. The van der Waals surface area contributed by atoms with E-state index < -0.39 is 0 Å². The van der Waals surface area contributed by atoms with E-state index in [-0.39, 0.29) is 5.91 Å². The lowest BCUT2D eigenvalue weighted by molar-refractivity contribution is 0.0786. The number of hydrogen-bond donors (Lipinski definition) is 1.